The van der Waals surface area contributed by atoms with Gasteiger partial charge in [0.15, 0.2) is 0 Å². The zero-order chi connectivity index (χ0) is 14.0. The van der Waals surface area contributed by atoms with Crippen molar-refractivity contribution in [1.29, 1.82) is 0 Å². The smallest absolute Gasteiger partial charge is 0.257 e. The Morgan fingerprint density at radius 1 is 1.32 bits per heavy atom. The third kappa shape index (κ3) is 3.03. The van der Waals surface area contributed by atoms with E-state index in [-0.39, 0.29) is 15.6 Å². The molecule has 19 heavy (non-hydrogen) atoms. The minimum Gasteiger partial charge on any atom is -0.322 e. The van der Waals surface area contributed by atoms with Crippen molar-refractivity contribution in [1.82, 2.24) is 4.98 Å². The fourth-order valence-electron chi connectivity index (χ4n) is 1.50. The van der Waals surface area contributed by atoms with E-state index in [2.05, 4.69) is 10.3 Å². The van der Waals surface area contributed by atoms with Crippen molar-refractivity contribution >= 4 is 34.8 Å². The molecule has 6 heteroatoms. The van der Waals surface area contributed by atoms with Gasteiger partial charge in [0.2, 0.25) is 0 Å². The molecule has 2 rings (SSSR count). The number of anilines is 1. The first-order valence-electron chi connectivity index (χ1n) is 5.35. The van der Waals surface area contributed by atoms with Gasteiger partial charge in [-0.05, 0) is 30.7 Å². The van der Waals surface area contributed by atoms with Crippen LogP contribution in [-0.4, -0.2) is 10.9 Å². The molecule has 0 aliphatic heterocycles. The van der Waals surface area contributed by atoms with Gasteiger partial charge in [0.1, 0.15) is 5.82 Å². The Balaban J connectivity index is 2.31. The Hall–Kier alpha value is -1.65. The average Bonchev–Trinajstić information content (AvgIpc) is 2.36. The van der Waals surface area contributed by atoms with Crippen molar-refractivity contribution in [2.45, 2.75) is 6.92 Å². The molecule has 0 aliphatic carbocycles. The van der Waals surface area contributed by atoms with Crippen molar-refractivity contribution in [3.05, 3.63) is 57.6 Å². The fraction of sp³-hybridized carbons (Fsp3) is 0.0769. The van der Waals surface area contributed by atoms with Crippen LogP contribution in [0.1, 0.15) is 15.9 Å². The van der Waals surface area contributed by atoms with Crippen LogP contribution in [0, 0.1) is 12.7 Å². The molecule has 0 atom stereocenters. The first-order valence-corrected chi connectivity index (χ1v) is 6.11. The van der Waals surface area contributed by atoms with Crippen LogP contribution in [0.5, 0.6) is 0 Å². The molecule has 0 fully saturated rings. The van der Waals surface area contributed by atoms with Crippen LogP contribution in [0.25, 0.3) is 0 Å². The van der Waals surface area contributed by atoms with Gasteiger partial charge in [-0.3, -0.25) is 9.78 Å². The van der Waals surface area contributed by atoms with E-state index in [1.165, 1.54) is 6.07 Å². The Labute approximate surface area is 119 Å². The Kier molecular flexibility index (Phi) is 4.02. The second-order valence-corrected chi connectivity index (χ2v) is 4.71. The molecule has 1 N–H and O–H groups in total. The summed E-state index contributed by atoms with van der Waals surface area (Å²) in [5.74, 6) is -1.20. The van der Waals surface area contributed by atoms with Gasteiger partial charge in [-0.2, -0.15) is 0 Å². The highest BCUT2D eigenvalue weighted by Crippen LogP contribution is 2.25. The van der Waals surface area contributed by atoms with Crippen LogP contribution in [0.3, 0.4) is 0 Å². The molecular weight excluding hydrogens is 290 g/mol. The van der Waals surface area contributed by atoms with Crippen molar-refractivity contribution in [2.24, 2.45) is 0 Å². The quantitative estimate of drug-likeness (QED) is 0.849. The number of pyridine rings is 1. The third-order valence-electron chi connectivity index (χ3n) is 2.52. The Morgan fingerprint density at radius 3 is 2.74 bits per heavy atom. The monoisotopic (exact) mass is 298 g/mol. The number of halogens is 3. The molecule has 0 saturated carbocycles. The molecule has 1 heterocycles. The molecule has 0 radical (unpaired) electrons. The van der Waals surface area contributed by atoms with Crippen LogP contribution in [0.2, 0.25) is 10.0 Å². The highest BCUT2D eigenvalue weighted by atomic mass is 35.5. The summed E-state index contributed by atoms with van der Waals surface area (Å²) in [6, 6.07) is 3.86. The van der Waals surface area contributed by atoms with Gasteiger partial charge in [-0.1, -0.05) is 23.2 Å². The van der Waals surface area contributed by atoms with E-state index in [0.717, 1.165) is 11.6 Å². The van der Waals surface area contributed by atoms with Crippen LogP contribution >= 0.6 is 23.2 Å². The van der Waals surface area contributed by atoms with Crippen LogP contribution < -0.4 is 5.32 Å². The normalized spacial score (nSPS) is 10.3. The minimum absolute atomic E-state index is 0.0276. The maximum absolute atomic E-state index is 13.4. The number of hydrogen-bond acceptors (Lipinski definition) is 2. The predicted molar refractivity (Wildman–Crippen MR) is 73.3 cm³/mol. The zero-order valence-corrected chi connectivity index (χ0v) is 11.4. The Bertz CT molecular complexity index is 647. The maximum atomic E-state index is 13.4. The molecule has 2 aromatic rings. The summed E-state index contributed by atoms with van der Waals surface area (Å²) >= 11 is 11.5. The molecule has 1 aromatic heterocycles. The lowest BCUT2D eigenvalue weighted by Gasteiger charge is -2.09. The lowest BCUT2D eigenvalue weighted by molar-refractivity contribution is 0.102. The number of aryl methyl sites for hydroxylation is 1. The average molecular weight is 299 g/mol. The number of hydrogen-bond donors (Lipinski definition) is 1. The molecular formula is C13H9Cl2FN2O. The summed E-state index contributed by atoms with van der Waals surface area (Å²) in [7, 11) is 0. The number of benzene rings is 1. The number of nitrogens with one attached hydrogen (secondary N) is 1. The maximum Gasteiger partial charge on any atom is 0.257 e. The van der Waals surface area contributed by atoms with Crippen molar-refractivity contribution in [3.8, 4) is 0 Å². The van der Waals surface area contributed by atoms with Gasteiger partial charge < -0.3 is 5.32 Å². The van der Waals surface area contributed by atoms with E-state index in [1.54, 1.807) is 25.4 Å². The van der Waals surface area contributed by atoms with Gasteiger partial charge in [0.25, 0.3) is 5.91 Å². The van der Waals surface area contributed by atoms with Crippen molar-refractivity contribution in [3.63, 3.8) is 0 Å². The van der Waals surface area contributed by atoms with E-state index in [1.807, 2.05) is 0 Å². The molecule has 0 unspecified atom stereocenters. The summed E-state index contributed by atoms with van der Waals surface area (Å²) in [5, 5.41) is 2.61. The van der Waals surface area contributed by atoms with E-state index in [9.17, 15) is 9.18 Å². The second-order valence-electron chi connectivity index (χ2n) is 3.89. The Morgan fingerprint density at radius 2 is 2.05 bits per heavy atom. The summed E-state index contributed by atoms with van der Waals surface area (Å²) in [6.45, 7) is 1.80. The molecule has 0 bridgehead atoms. The van der Waals surface area contributed by atoms with Gasteiger partial charge in [0, 0.05) is 18.1 Å². The summed E-state index contributed by atoms with van der Waals surface area (Å²) in [4.78, 5) is 15.9. The van der Waals surface area contributed by atoms with Crippen LogP contribution in [0.15, 0.2) is 30.6 Å². The van der Waals surface area contributed by atoms with E-state index in [4.69, 9.17) is 23.2 Å². The minimum atomic E-state index is -0.692. The number of carbonyl (C=O) groups excluding carboxylic acids is 1. The highest BCUT2D eigenvalue weighted by Gasteiger charge is 2.15. The van der Waals surface area contributed by atoms with Gasteiger partial charge in [-0.25, -0.2) is 4.39 Å². The first-order chi connectivity index (χ1) is 8.99. The van der Waals surface area contributed by atoms with Gasteiger partial charge in [-0.15, -0.1) is 0 Å². The van der Waals surface area contributed by atoms with Crippen LogP contribution in [-0.2, 0) is 0 Å². The molecule has 0 spiro atoms. The summed E-state index contributed by atoms with van der Waals surface area (Å²) < 4.78 is 13.4. The highest BCUT2D eigenvalue weighted by molar-refractivity contribution is 6.37. The van der Waals surface area contributed by atoms with Crippen LogP contribution in [0.4, 0.5) is 10.1 Å². The number of aromatic nitrogens is 1. The topological polar surface area (TPSA) is 42.0 Å². The molecule has 1 aromatic carbocycles. The first kappa shape index (κ1) is 13.8. The lowest BCUT2D eigenvalue weighted by atomic mass is 10.2. The molecule has 0 aliphatic rings. The largest absolute Gasteiger partial charge is 0.322 e. The molecule has 98 valence electrons. The molecule has 0 saturated heterocycles. The van der Waals surface area contributed by atoms with Crippen molar-refractivity contribution < 1.29 is 9.18 Å². The standard InChI is InChI=1S/C13H9Cl2FN2O/c1-7-6-17-3-2-12(7)18-13(19)8-4-11(16)10(15)5-9(8)14/h2-6H,1H3,(H,17,18,19). The number of amides is 1. The lowest BCUT2D eigenvalue weighted by Crippen LogP contribution is -2.13. The summed E-state index contributed by atoms with van der Waals surface area (Å²) in [6.07, 6.45) is 3.16. The van der Waals surface area contributed by atoms with E-state index < -0.39 is 11.7 Å². The predicted octanol–water partition coefficient (Wildman–Crippen LogP) is 4.09. The molecule has 3 nitrogen and oxygen atoms in total. The number of carbonyl (C=O) groups is 1. The van der Waals surface area contributed by atoms with Crippen molar-refractivity contribution in [2.75, 3.05) is 5.32 Å². The summed E-state index contributed by atoms with van der Waals surface area (Å²) in [5.41, 5.74) is 1.41. The van der Waals surface area contributed by atoms with E-state index in [0.29, 0.717) is 5.69 Å². The van der Waals surface area contributed by atoms with Gasteiger partial charge >= 0.3 is 0 Å². The molecule has 1 amide bonds. The third-order valence-corrected chi connectivity index (χ3v) is 3.13. The zero-order valence-electron chi connectivity index (χ0n) is 9.88. The van der Waals surface area contributed by atoms with E-state index >= 15 is 0 Å². The fourth-order valence-corrected chi connectivity index (χ4v) is 1.97. The number of rotatable bonds is 2. The second kappa shape index (κ2) is 5.55. The van der Waals surface area contributed by atoms with Gasteiger partial charge in [0.05, 0.1) is 15.6 Å². The SMILES string of the molecule is Cc1cnccc1NC(=O)c1cc(F)c(Cl)cc1Cl. The number of nitrogens with zero attached hydrogens (tertiary/aromatic N) is 1.